The maximum absolute atomic E-state index is 6.10. The molecule has 0 radical (unpaired) electrons. The van der Waals surface area contributed by atoms with Crippen LogP contribution >= 0.6 is 47.2 Å². The van der Waals surface area contributed by atoms with Crippen LogP contribution in [0.2, 0.25) is 10.2 Å². The minimum absolute atomic E-state index is 0. The topological polar surface area (TPSA) is 50.6 Å². The Kier molecular flexibility index (Phi) is 9.92. The number of ether oxygens (including phenoxy) is 1. The van der Waals surface area contributed by atoms with Crippen molar-refractivity contribution >= 4 is 53.1 Å². The maximum Gasteiger partial charge on any atom is 0.191 e. The molecule has 0 bridgehead atoms. The number of nitrogens with zero attached hydrogens (tertiary/aromatic N) is 2. The average molecular weight is 503 g/mol. The lowest BCUT2D eigenvalue weighted by Crippen LogP contribution is -2.40. The van der Waals surface area contributed by atoms with Crippen molar-refractivity contribution in [3.05, 3.63) is 21.9 Å². The Hall–Kier alpha value is -0.180. The predicted octanol–water partition coefficient (Wildman–Crippen LogP) is 4.21. The number of guanidine groups is 1. The molecule has 0 amide bonds. The van der Waals surface area contributed by atoms with E-state index in [0.29, 0.717) is 22.1 Å². The van der Waals surface area contributed by atoms with E-state index in [0.717, 1.165) is 44.4 Å². The lowest BCUT2D eigenvalue weighted by Gasteiger charge is -2.18. The van der Waals surface area contributed by atoms with Gasteiger partial charge in [0.15, 0.2) is 5.96 Å². The normalized spacial score (nSPS) is 15.6. The van der Waals surface area contributed by atoms with Gasteiger partial charge in [-0.1, -0.05) is 23.2 Å². The molecule has 0 atom stereocenters. The summed E-state index contributed by atoms with van der Waals surface area (Å²) in [4.78, 5) is 4.65. The smallest absolute Gasteiger partial charge is 0.191 e. The van der Waals surface area contributed by atoms with Gasteiger partial charge in [-0.3, -0.25) is 0 Å². The fourth-order valence-corrected chi connectivity index (χ4v) is 3.05. The molecule has 0 aromatic carbocycles. The molecule has 25 heavy (non-hydrogen) atoms. The van der Waals surface area contributed by atoms with E-state index in [4.69, 9.17) is 27.9 Å². The summed E-state index contributed by atoms with van der Waals surface area (Å²) in [7, 11) is 1.90. The molecule has 0 spiro atoms. The van der Waals surface area contributed by atoms with Crippen molar-refractivity contribution in [2.45, 2.75) is 39.7 Å². The van der Waals surface area contributed by atoms with Crippen LogP contribution < -0.4 is 10.6 Å². The highest BCUT2D eigenvalue weighted by Gasteiger charge is 2.41. The summed E-state index contributed by atoms with van der Waals surface area (Å²) in [5.41, 5.74) is 1.36. The molecule has 5 nitrogen and oxygen atoms in total. The first-order valence-corrected chi connectivity index (χ1v) is 9.36. The first kappa shape index (κ1) is 22.9. The zero-order valence-electron chi connectivity index (χ0n) is 15.2. The van der Waals surface area contributed by atoms with Gasteiger partial charge in [0.1, 0.15) is 5.15 Å². The van der Waals surface area contributed by atoms with Gasteiger partial charge in [0.25, 0.3) is 0 Å². The lowest BCUT2D eigenvalue weighted by atomic mass is 10.0. The fraction of sp³-hybridized carbons (Fsp3) is 0.706. The van der Waals surface area contributed by atoms with Gasteiger partial charge in [0.05, 0.1) is 11.6 Å². The van der Waals surface area contributed by atoms with Crippen molar-refractivity contribution in [2.24, 2.45) is 17.5 Å². The third-order valence-corrected chi connectivity index (χ3v) is 5.37. The summed E-state index contributed by atoms with van der Waals surface area (Å²) in [6.45, 7) is 8.02. The zero-order valence-corrected chi connectivity index (χ0v) is 19.0. The number of hydrogen-bond acceptors (Lipinski definition) is 2. The molecule has 1 aromatic rings. The van der Waals surface area contributed by atoms with Gasteiger partial charge >= 0.3 is 0 Å². The van der Waals surface area contributed by atoms with Crippen LogP contribution in [-0.4, -0.2) is 36.8 Å². The standard InChI is InChI=1S/C17H28Cl2N4O.HI/c1-4-20-16(21-11-13-10-14(18)15(19)23(13)3)22-12-17(6-7-17)8-9-24-5-2;/h10H,4-9,11-12H2,1-3H3,(H2,20,21,22);1H. The Bertz CT molecular complexity index is 573. The average Bonchev–Trinajstić information content (AvgIpc) is 3.30. The number of aliphatic imine (C=N–C) groups is 1. The Labute approximate surface area is 177 Å². The number of aromatic nitrogens is 1. The van der Waals surface area contributed by atoms with Crippen LogP contribution in [0.4, 0.5) is 0 Å². The summed E-state index contributed by atoms with van der Waals surface area (Å²) in [5.74, 6) is 0.827. The van der Waals surface area contributed by atoms with Gasteiger partial charge < -0.3 is 19.9 Å². The molecule has 1 aliphatic carbocycles. The second-order valence-electron chi connectivity index (χ2n) is 6.33. The van der Waals surface area contributed by atoms with Crippen LogP contribution in [0.1, 0.15) is 38.8 Å². The Balaban J connectivity index is 0.00000312. The monoisotopic (exact) mass is 502 g/mol. The van der Waals surface area contributed by atoms with Crippen molar-refractivity contribution < 1.29 is 4.74 Å². The van der Waals surface area contributed by atoms with Crippen LogP contribution in [0.3, 0.4) is 0 Å². The summed E-state index contributed by atoms with van der Waals surface area (Å²) in [6, 6.07) is 1.86. The van der Waals surface area contributed by atoms with E-state index in [1.165, 1.54) is 12.8 Å². The highest BCUT2D eigenvalue weighted by atomic mass is 127. The van der Waals surface area contributed by atoms with Crippen LogP contribution in [0.25, 0.3) is 0 Å². The summed E-state index contributed by atoms with van der Waals surface area (Å²) in [6.07, 6.45) is 3.63. The van der Waals surface area contributed by atoms with E-state index < -0.39 is 0 Å². The molecule has 0 saturated heterocycles. The molecule has 1 heterocycles. The molecular formula is C17H29Cl2IN4O. The SMILES string of the molecule is CCNC(=NCc1cc(Cl)c(Cl)n1C)NCC1(CCOCC)CC1.I. The van der Waals surface area contributed by atoms with Gasteiger partial charge in [-0.15, -0.1) is 24.0 Å². The molecule has 2 rings (SSSR count). The molecule has 1 saturated carbocycles. The van der Waals surface area contributed by atoms with E-state index in [2.05, 4.69) is 22.5 Å². The first-order chi connectivity index (χ1) is 11.5. The van der Waals surface area contributed by atoms with Crippen molar-refractivity contribution in [3.63, 3.8) is 0 Å². The Morgan fingerprint density at radius 1 is 1.32 bits per heavy atom. The first-order valence-electron chi connectivity index (χ1n) is 8.61. The zero-order chi connectivity index (χ0) is 17.6. The molecule has 8 heteroatoms. The van der Waals surface area contributed by atoms with E-state index in [-0.39, 0.29) is 24.0 Å². The van der Waals surface area contributed by atoms with E-state index >= 15 is 0 Å². The van der Waals surface area contributed by atoms with Crippen LogP contribution in [-0.2, 0) is 18.3 Å². The Morgan fingerprint density at radius 2 is 2.04 bits per heavy atom. The van der Waals surface area contributed by atoms with Crippen LogP contribution in [0.5, 0.6) is 0 Å². The van der Waals surface area contributed by atoms with Gasteiger partial charge in [0.2, 0.25) is 0 Å². The van der Waals surface area contributed by atoms with Crippen molar-refractivity contribution in [2.75, 3.05) is 26.3 Å². The fourth-order valence-electron chi connectivity index (χ4n) is 2.64. The van der Waals surface area contributed by atoms with Gasteiger partial charge in [-0.25, -0.2) is 4.99 Å². The highest BCUT2D eigenvalue weighted by Crippen LogP contribution is 2.48. The largest absolute Gasteiger partial charge is 0.382 e. The number of halogens is 3. The van der Waals surface area contributed by atoms with E-state index in [1.54, 1.807) is 0 Å². The number of nitrogens with one attached hydrogen (secondary N) is 2. The summed E-state index contributed by atoms with van der Waals surface area (Å²) >= 11 is 12.2. The molecule has 1 aromatic heterocycles. The molecular weight excluding hydrogens is 474 g/mol. The van der Waals surface area contributed by atoms with Crippen molar-refractivity contribution in [1.82, 2.24) is 15.2 Å². The minimum Gasteiger partial charge on any atom is -0.382 e. The van der Waals surface area contributed by atoms with Crippen LogP contribution in [0, 0.1) is 5.41 Å². The maximum atomic E-state index is 6.10. The van der Waals surface area contributed by atoms with E-state index in [1.807, 2.05) is 24.6 Å². The van der Waals surface area contributed by atoms with Crippen molar-refractivity contribution in [1.29, 1.82) is 0 Å². The third-order valence-electron chi connectivity index (χ3n) is 4.53. The molecule has 1 aliphatic rings. The quantitative estimate of drug-likeness (QED) is 0.230. The summed E-state index contributed by atoms with van der Waals surface area (Å²) in [5, 5.41) is 7.88. The number of rotatable bonds is 9. The molecule has 0 unspecified atom stereocenters. The lowest BCUT2D eigenvalue weighted by molar-refractivity contribution is 0.128. The molecule has 1 fully saturated rings. The van der Waals surface area contributed by atoms with Gasteiger partial charge in [-0.2, -0.15) is 0 Å². The molecule has 144 valence electrons. The molecule has 2 N–H and O–H groups in total. The Morgan fingerprint density at radius 3 is 2.56 bits per heavy atom. The third kappa shape index (κ3) is 6.81. The van der Waals surface area contributed by atoms with Gasteiger partial charge in [0, 0.05) is 39.0 Å². The second-order valence-corrected chi connectivity index (χ2v) is 7.09. The predicted molar refractivity (Wildman–Crippen MR) is 116 cm³/mol. The molecule has 0 aliphatic heterocycles. The number of hydrogen-bond donors (Lipinski definition) is 2. The summed E-state index contributed by atoms with van der Waals surface area (Å²) < 4.78 is 7.36. The van der Waals surface area contributed by atoms with Gasteiger partial charge in [-0.05, 0) is 44.6 Å². The van der Waals surface area contributed by atoms with E-state index in [9.17, 15) is 0 Å². The second kappa shape index (κ2) is 10.8. The van der Waals surface area contributed by atoms with Crippen LogP contribution in [0.15, 0.2) is 11.1 Å². The highest BCUT2D eigenvalue weighted by molar-refractivity contribution is 14.0. The van der Waals surface area contributed by atoms with Crippen molar-refractivity contribution in [3.8, 4) is 0 Å². The minimum atomic E-state index is 0.